The van der Waals surface area contributed by atoms with E-state index >= 15 is 0 Å². The van der Waals surface area contributed by atoms with Crippen LogP contribution in [0.3, 0.4) is 0 Å². The molecule has 1 nitrogen and oxygen atoms in total. The van der Waals surface area contributed by atoms with Gasteiger partial charge in [0.05, 0.1) is 0 Å². The molecule has 0 aromatic heterocycles. The maximum atomic E-state index is 10.0. The topological polar surface area (TPSA) is 17.1 Å². The Hall–Kier alpha value is -1.37. The lowest BCUT2D eigenvalue weighted by Gasteiger charge is -1.91. The molecule has 0 radical (unpaired) electrons. The van der Waals surface area contributed by atoms with Crippen LogP contribution in [0.25, 0.3) is 6.08 Å². The summed E-state index contributed by atoms with van der Waals surface area (Å²) in [4.78, 5) is 10.0. The molecule has 0 atom stereocenters. The van der Waals surface area contributed by atoms with E-state index in [9.17, 15) is 4.79 Å². The molecule has 68 valence electrons. The molecule has 13 heavy (non-hydrogen) atoms. The first-order valence-electron chi connectivity index (χ1n) is 4.58. The predicted molar refractivity (Wildman–Crippen MR) is 55.4 cm³/mol. The van der Waals surface area contributed by atoms with Crippen LogP contribution < -0.4 is 0 Å². The van der Waals surface area contributed by atoms with Crippen molar-refractivity contribution in [2.45, 2.75) is 19.3 Å². The summed E-state index contributed by atoms with van der Waals surface area (Å²) in [6.45, 7) is 0. The molecule has 0 N–H and O–H groups in total. The second-order valence-corrected chi connectivity index (χ2v) is 2.91. The van der Waals surface area contributed by atoms with Crippen LogP contribution in [0.1, 0.15) is 24.8 Å². The van der Waals surface area contributed by atoms with Crippen molar-refractivity contribution in [2.75, 3.05) is 0 Å². The van der Waals surface area contributed by atoms with Crippen LogP contribution in [0.4, 0.5) is 0 Å². The van der Waals surface area contributed by atoms with E-state index in [1.165, 1.54) is 5.56 Å². The number of carbonyl (C=O) groups is 1. The van der Waals surface area contributed by atoms with Gasteiger partial charge in [0.2, 0.25) is 0 Å². The van der Waals surface area contributed by atoms with Crippen LogP contribution >= 0.6 is 0 Å². The van der Waals surface area contributed by atoms with Gasteiger partial charge in [-0.15, -0.1) is 0 Å². The number of allylic oxidation sites excluding steroid dienone is 1. The molecule has 0 aliphatic rings. The van der Waals surface area contributed by atoms with E-state index in [2.05, 4.69) is 24.3 Å². The first kappa shape index (κ1) is 9.72. The van der Waals surface area contributed by atoms with Crippen LogP contribution in [-0.4, -0.2) is 6.29 Å². The Morgan fingerprint density at radius 3 is 2.54 bits per heavy atom. The Labute approximate surface area is 79.1 Å². The van der Waals surface area contributed by atoms with E-state index in [1.807, 2.05) is 18.2 Å². The van der Waals surface area contributed by atoms with Crippen LogP contribution in [-0.2, 0) is 4.79 Å². The monoisotopic (exact) mass is 174 g/mol. The number of hydrogen-bond acceptors (Lipinski definition) is 1. The molecule has 0 spiro atoms. The molecule has 0 aliphatic carbocycles. The smallest absolute Gasteiger partial charge is 0.120 e. The lowest BCUT2D eigenvalue weighted by Crippen LogP contribution is -1.74. The molecule has 1 aromatic rings. The predicted octanol–water partition coefficient (Wildman–Crippen LogP) is 3.07. The van der Waals surface area contributed by atoms with Gasteiger partial charge in [-0.25, -0.2) is 0 Å². The zero-order chi connectivity index (χ0) is 9.36. The summed E-state index contributed by atoms with van der Waals surface area (Å²) in [6.07, 6.45) is 7.76. The molecular formula is C12H14O. The highest BCUT2D eigenvalue weighted by Crippen LogP contribution is 2.03. The Kier molecular flexibility index (Phi) is 4.62. The number of rotatable bonds is 5. The van der Waals surface area contributed by atoms with Crippen LogP contribution in [0.2, 0.25) is 0 Å². The Balaban J connectivity index is 2.28. The minimum absolute atomic E-state index is 0.666. The summed E-state index contributed by atoms with van der Waals surface area (Å²) in [7, 11) is 0. The number of unbranched alkanes of at least 4 members (excludes halogenated alkanes) is 2. The highest BCUT2D eigenvalue weighted by molar-refractivity contribution is 5.50. The molecule has 0 bridgehead atoms. The zero-order valence-corrected chi connectivity index (χ0v) is 7.65. The van der Waals surface area contributed by atoms with Gasteiger partial charge in [-0.3, -0.25) is 0 Å². The summed E-state index contributed by atoms with van der Waals surface area (Å²) in [5.74, 6) is 0. The number of hydrogen-bond donors (Lipinski definition) is 0. The SMILES string of the molecule is O=CCCCC=Cc1ccccc1. The minimum Gasteiger partial charge on any atom is -0.303 e. The lowest BCUT2D eigenvalue weighted by atomic mass is 10.2. The Morgan fingerprint density at radius 2 is 1.85 bits per heavy atom. The van der Waals surface area contributed by atoms with E-state index < -0.39 is 0 Å². The molecule has 0 unspecified atom stereocenters. The fourth-order valence-corrected chi connectivity index (χ4v) is 1.10. The van der Waals surface area contributed by atoms with Crippen molar-refractivity contribution in [1.29, 1.82) is 0 Å². The van der Waals surface area contributed by atoms with Gasteiger partial charge in [0.25, 0.3) is 0 Å². The van der Waals surface area contributed by atoms with Crippen molar-refractivity contribution in [3.8, 4) is 0 Å². The second-order valence-electron chi connectivity index (χ2n) is 2.91. The maximum absolute atomic E-state index is 10.0. The molecule has 1 aromatic carbocycles. The summed E-state index contributed by atoms with van der Waals surface area (Å²) in [6, 6.07) is 10.2. The number of carbonyl (C=O) groups excluding carboxylic acids is 1. The normalized spacial score (nSPS) is 10.5. The molecular weight excluding hydrogens is 160 g/mol. The van der Waals surface area contributed by atoms with Gasteiger partial charge in [0, 0.05) is 6.42 Å². The Bertz CT molecular complexity index is 262. The molecule has 0 heterocycles. The van der Waals surface area contributed by atoms with Crippen LogP contribution in [0, 0.1) is 0 Å². The lowest BCUT2D eigenvalue weighted by molar-refractivity contribution is -0.107. The first-order valence-corrected chi connectivity index (χ1v) is 4.58. The molecule has 0 saturated heterocycles. The van der Waals surface area contributed by atoms with Gasteiger partial charge < -0.3 is 4.79 Å². The summed E-state index contributed by atoms with van der Waals surface area (Å²) < 4.78 is 0. The van der Waals surface area contributed by atoms with Crippen molar-refractivity contribution >= 4 is 12.4 Å². The fraction of sp³-hybridized carbons (Fsp3) is 0.250. The van der Waals surface area contributed by atoms with E-state index in [0.29, 0.717) is 6.42 Å². The fourth-order valence-electron chi connectivity index (χ4n) is 1.10. The maximum Gasteiger partial charge on any atom is 0.120 e. The first-order chi connectivity index (χ1) is 6.43. The van der Waals surface area contributed by atoms with E-state index in [-0.39, 0.29) is 0 Å². The quantitative estimate of drug-likeness (QED) is 0.495. The van der Waals surface area contributed by atoms with Gasteiger partial charge in [0.15, 0.2) is 0 Å². The van der Waals surface area contributed by atoms with Gasteiger partial charge in [0.1, 0.15) is 6.29 Å². The molecule has 0 amide bonds. The highest BCUT2D eigenvalue weighted by Gasteiger charge is 1.83. The van der Waals surface area contributed by atoms with Gasteiger partial charge in [-0.2, -0.15) is 0 Å². The summed E-state index contributed by atoms with van der Waals surface area (Å²) in [5, 5.41) is 0. The third-order valence-electron chi connectivity index (χ3n) is 1.80. The van der Waals surface area contributed by atoms with E-state index in [4.69, 9.17) is 0 Å². The minimum atomic E-state index is 0.666. The average Bonchev–Trinajstić information content (AvgIpc) is 2.19. The third kappa shape index (κ3) is 4.26. The van der Waals surface area contributed by atoms with E-state index in [0.717, 1.165) is 19.1 Å². The largest absolute Gasteiger partial charge is 0.303 e. The van der Waals surface area contributed by atoms with E-state index in [1.54, 1.807) is 0 Å². The molecule has 1 rings (SSSR count). The third-order valence-corrected chi connectivity index (χ3v) is 1.80. The zero-order valence-electron chi connectivity index (χ0n) is 7.65. The standard InChI is InChI=1S/C12H14O/c13-11-7-2-1-4-8-12-9-5-3-6-10-12/h3-6,8-11H,1-2,7H2. The van der Waals surface area contributed by atoms with Gasteiger partial charge >= 0.3 is 0 Å². The van der Waals surface area contributed by atoms with Crippen molar-refractivity contribution < 1.29 is 4.79 Å². The Morgan fingerprint density at radius 1 is 1.08 bits per heavy atom. The van der Waals surface area contributed by atoms with Crippen molar-refractivity contribution in [3.63, 3.8) is 0 Å². The summed E-state index contributed by atoms with van der Waals surface area (Å²) in [5.41, 5.74) is 1.22. The second kappa shape index (κ2) is 6.18. The molecule has 1 heteroatoms. The van der Waals surface area contributed by atoms with Crippen molar-refractivity contribution in [1.82, 2.24) is 0 Å². The summed E-state index contributed by atoms with van der Waals surface area (Å²) >= 11 is 0. The van der Waals surface area contributed by atoms with Crippen molar-refractivity contribution in [2.24, 2.45) is 0 Å². The molecule has 0 aliphatic heterocycles. The van der Waals surface area contributed by atoms with Crippen LogP contribution in [0.15, 0.2) is 36.4 Å². The molecule has 0 saturated carbocycles. The highest BCUT2D eigenvalue weighted by atomic mass is 16.1. The van der Waals surface area contributed by atoms with Crippen LogP contribution in [0.5, 0.6) is 0 Å². The van der Waals surface area contributed by atoms with Gasteiger partial charge in [-0.05, 0) is 18.4 Å². The number of aldehydes is 1. The molecule has 0 fully saturated rings. The average molecular weight is 174 g/mol. The number of benzene rings is 1. The van der Waals surface area contributed by atoms with Gasteiger partial charge in [-0.1, -0.05) is 42.5 Å². The van der Waals surface area contributed by atoms with Crippen molar-refractivity contribution in [3.05, 3.63) is 42.0 Å².